The summed E-state index contributed by atoms with van der Waals surface area (Å²) in [5.74, 6) is 3.22. The first-order valence-electron chi connectivity index (χ1n) is 11.3. The molecule has 3 heterocycles. The molecule has 0 saturated carbocycles. The minimum absolute atomic E-state index is 0.462. The number of nitrogens with one attached hydrogen (secondary N) is 2. The summed E-state index contributed by atoms with van der Waals surface area (Å²) in [5, 5.41) is 6.94. The summed E-state index contributed by atoms with van der Waals surface area (Å²) < 4.78 is 10.7. The van der Waals surface area contributed by atoms with Gasteiger partial charge in [-0.1, -0.05) is 12.1 Å². The zero-order chi connectivity index (χ0) is 22.3. The van der Waals surface area contributed by atoms with E-state index in [2.05, 4.69) is 33.4 Å². The molecule has 0 radical (unpaired) electrons. The van der Waals surface area contributed by atoms with Gasteiger partial charge >= 0.3 is 0 Å². The molecule has 0 spiro atoms. The second kappa shape index (κ2) is 10.8. The molecule has 2 aromatic rings. The molecule has 9 heteroatoms. The summed E-state index contributed by atoms with van der Waals surface area (Å²) in [4.78, 5) is 14.2. The maximum Gasteiger partial charge on any atom is 0.232 e. The summed E-state index contributed by atoms with van der Waals surface area (Å²) in [7, 11) is 1.66. The highest BCUT2D eigenvalue weighted by Gasteiger charge is 2.23. The van der Waals surface area contributed by atoms with Crippen LogP contribution in [0.3, 0.4) is 0 Å². The maximum absolute atomic E-state index is 5.53. The largest absolute Gasteiger partial charge is 0.497 e. The van der Waals surface area contributed by atoms with E-state index in [-0.39, 0.29) is 0 Å². The van der Waals surface area contributed by atoms with Crippen LogP contribution < -0.4 is 25.2 Å². The molecule has 2 fully saturated rings. The molecule has 172 valence electrons. The van der Waals surface area contributed by atoms with E-state index in [4.69, 9.17) is 31.7 Å². The normalized spacial score (nSPS) is 18.9. The van der Waals surface area contributed by atoms with Crippen molar-refractivity contribution >= 4 is 34.9 Å². The Morgan fingerprint density at radius 1 is 1.12 bits per heavy atom. The van der Waals surface area contributed by atoms with Gasteiger partial charge in [0.15, 0.2) is 5.11 Å². The van der Waals surface area contributed by atoms with Gasteiger partial charge in [0.05, 0.1) is 20.3 Å². The number of aromatic nitrogens is 2. The lowest BCUT2D eigenvalue weighted by molar-refractivity contribution is 0.122. The lowest BCUT2D eigenvalue weighted by Crippen LogP contribution is -2.40. The van der Waals surface area contributed by atoms with Crippen molar-refractivity contribution in [3.8, 4) is 5.75 Å². The van der Waals surface area contributed by atoms with Crippen LogP contribution in [0.25, 0.3) is 0 Å². The summed E-state index contributed by atoms with van der Waals surface area (Å²) in [5.41, 5.74) is 1.11. The highest BCUT2D eigenvalue weighted by atomic mass is 32.1. The second-order valence-electron chi connectivity index (χ2n) is 8.20. The molecule has 4 rings (SSSR count). The van der Waals surface area contributed by atoms with E-state index in [1.165, 1.54) is 19.3 Å². The molecule has 1 aromatic carbocycles. The van der Waals surface area contributed by atoms with Gasteiger partial charge in [-0.15, -0.1) is 0 Å². The van der Waals surface area contributed by atoms with Gasteiger partial charge in [0.1, 0.15) is 17.4 Å². The number of thiocarbonyl (C=S) groups is 1. The summed E-state index contributed by atoms with van der Waals surface area (Å²) in [6, 6.07) is 10.5. The van der Waals surface area contributed by atoms with Crippen LogP contribution in [-0.2, 0) is 11.3 Å². The lowest BCUT2D eigenvalue weighted by Gasteiger charge is -2.35. The monoisotopic (exact) mass is 456 g/mol. The topological polar surface area (TPSA) is 74.8 Å². The Balaban J connectivity index is 1.48. The molecule has 0 unspecified atom stereocenters. The predicted octanol–water partition coefficient (Wildman–Crippen LogP) is 3.19. The van der Waals surface area contributed by atoms with E-state index in [9.17, 15) is 0 Å². The van der Waals surface area contributed by atoms with Crippen LogP contribution >= 0.6 is 12.2 Å². The molecule has 0 amide bonds. The van der Waals surface area contributed by atoms with Crippen LogP contribution in [0.15, 0.2) is 30.3 Å². The van der Waals surface area contributed by atoms with Crippen LogP contribution in [0.4, 0.5) is 17.6 Å². The number of piperidine rings is 1. The molecule has 1 aromatic heterocycles. The van der Waals surface area contributed by atoms with E-state index in [0.717, 1.165) is 42.6 Å². The number of hydrogen-bond acceptors (Lipinski definition) is 7. The molecule has 8 nitrogen and oxygen atoms in total. The third-order valence-electron chi connectivity index (χ3n) is 5.97. The van der Waals surface area contributed by atoms with Crippen LogP contribution in [-0.4, -0.2) is 61.1 Å². The van der Waals surface area contributed by atoms with Crippen LogP contribution in [0.1, 0.15) is 31.7 Å². The summed E-state index contributed by atoms with van der Waals surface area (Å²) in [6.45, 7) is 6.96. The number of methoxy groups -OCH3 is 1. The van der Waals surface area contributed by atoms with Crippen molar-refractivity contribution in [3.05, 3.63) is 35.9 Å². The van der Waals surface area contributed by atoms with Crippen molar-refractivity contribution in [2.75, 3.05) is 55.1 Å². The van der Waals surface area contributed by atoms with Gasteiger partial charge < -0.3 is 29.9 Å². The quantitative estimate of drug-likeness (QED) is 0.638. The Hall–Kier alpha value is -2.65. The molecular formula is C23H32N6O2S. The standard InChI is InChI=1S/C23H32N6O2S/c1-17-5-3-4-10-29(17)21-15-20(28-11-13-31-14-12-28)25-22(26-21)27-23(32)24-16-18-6-8-19(30-2)9-7-18/h6-9,15,17H,3-5,10-14,16H2,1-2H3,(H2,24,25,26,27,32)/t17-/m0/s1. The van der Waals surface area contributed by atoms with E-state index in [1.807, 2.05) is 24.3 Å². The fraction of sp³-hybridized carbons (Fsp3) is 0.522. The number of hydrogen-bond donors (Lipinski definition) is 2. The van der Waals surface area contributed by atoms with Crippen molar-refractivity contribution in [2.45, 2.75) is 38.8 Å². The SMILES string of the molecule is COc1ccc(CNC(=S)Nc2nc(N3CCOCC3)cc(N3CCCC[C@@H]3C)n2)cc1. The summed E-state index contributed by atoms with van der Waals surface area (Å²) in [6.07, 6.45) is 3.64. The van der Waals surface area contributed by atoms with E-state index < -0.39 is 0 Å². The van der Waals surface area contributed by atoms with Gasteiger partial charge in [-0.25, -0.2) is 0 Å². The fourth-order valence-corrected chi connectivity index (χ4v) is 4.25. The average Bonchev–Trinajstić information content (AvgIpc) is 2.83. The third kappa shape index (κ3) is 5.77. The molecule has 32 heavy (non-hydrogen) atoms. The first-order chi connectivity index (χ1) is 15.6. The van der Waals surface area contributed by atoms with Crippen LogP contribution in [0, 0.1) is 0 Å². The fourth-order valence-electron chi connectivity index (χ4n) is 4.09. The number of nitrogens with zero attached hydrogens (tertiary/aromatic N) is 4. The van der Waals surface area contributed by atoms with Crippen molar-refractivity contribution in [2.24, 2.45) is 0 Å². The van der Waals surface area contributed by atoms with Gasteiger partial charge in [0, 0.05) is 38.3 Å². The van der Waals surface area contributed by atoms with E-state index in [1.54, 1.807) is 7.11 Å². The highest BCUT2D eigenvalue weighted by molar-refractivity contribution is 7.80. The Bertz CT molecular complexity index is 904. The zero-order valence-corrected chi connectivity index (χ0v) is 19.7. The number of ether oxygens (including phenoxy) is 2. The van der Waals surface area contributed by atoms with Gasteiger partial charge in [0.2, 0.25) is 5.95 Å². The number of rotatable bonds is 6. The number of benzene rings is 1. The molecule has 0 bridgehead atoms. The third-order valence-corrected chi connectivity index (χ3v) is 6.22. The van der Waals surface area contributed by atoms with E-state index in [0.29, 0.717) is 36.9 Å². The first-order valence-corrected chi connectivity index (χ1v) is 11.7. The van der Waals surface area contributed by atoms with Crippen molar-refractivity contribution < 1.29 is 9.47 Å². The number of anilines is 3. The Morgan fingerprint density at radius 3 is 2.59 bits per heavy atom. The number of morpholine rings is 1. The predicted molar refractivity (Wildman–Crippen MR) is 132 cm³/mol. The Labute approximate surface area is 195 Å². The van der Waals surface area contributed by atoms with Crippen molar-refractivity contribution in [1.82, 2.24) is 15.3 Å². The minimum atomic E-state index is 0.462. The molecule has 2 saturated heterocycles. The van der Waals surface area contributed by atoms with Crippen molar-refractivity contribution in [1.29, 1.82) is 0 Å². The van der Waals surface area contributed by atoms with Gasteiger partial charge in [-0.3, -0.25) is 0 Å². The Morgan fingerprint density at radius 2 is 1.88 bits per heavy atom. The van der Waals surface area contributed by atoms with Crippen LogP contribution in [0.5, 0.6) is 5.75 Å². The van der Waals surface area contributed by atoms with Gasteiger partial charge in [0.25, 0.3) is 0 Å². The average molecular weight is 457 g/mol. The minimum Gasteiger partial charge on any atom is -0.497 e. The van der Waals surface area contributed by atoms with Gasteiger partial charge in [-0.05, 0) is 56.1 Å². The highest BCUT2D eigenvalue weighted by Crippen LogP contribution is 2.27. The molecule has 0 aliphatic carbocycles. The molecule has 1 atom stereocenters. The van der Waals surface area contributed by atoms with E-state index >= 15 is 0 Å². The smallest absolute Gasteiger partial charge is 0.232 e. The molecule has 2 N–H and O–H groups in total. The van der Waals surface area contributed by atoms with Crippen LogP contribution in [0.2, 0.25) is 0 Å². The molecular weight excluding hydrogens is 424 g/mol. The van der Waals surface area contributed by atoms with Crippen molar-refractivity contribution in [3.63, 3.8) is 0 Å². The zero-order valence-electron chi connectivity index (χ0n) is 18.8. The summed E-state index contributed by atoms with van der Waals surface area (Å²) >= 11 is 5.53. The molecule has 2 aliphatic heterocycles. The first kappa shape index (κ1) is 22.5. The maximum atomic E-state index is 5.53. The van der Waals surface area contributed by atoms with Gasteiger partial charge in [-0.2, -0.15) is 9.97 Å². The Kier molecular flexibility index (Phi) is 7.59. The molecule has 2 aliphatic rings. The second-order valence-corrected chi connectivity index (χ2v) is 8.61. The lowest BCUT2D eigenvalue weighted by atomic mass is 10.0.